The van der Waals surface area contributed by atoms with Crippen molar-refractivity contribution in [3.8, 4) is 0 Å². The predicted molar refractivity (Wildman–Crippen MR) is 109 cm³/mol. The molecular formula is C20H25N5O3S. The fraction of sp³-hybridized carbons (Fsp3) is 0.450. The Bertz CT molecular complexity index is 1000. The summed E-state index contributed by atoms with van der Waals surface area (Å²) in [6.45, 7) is 0. The SMILES string of the molecule is CNc1ncc(C(=O)NC2CCc3ccc(S(=O)(=O)NC4CCCC4)cc32)cn1. The number of aromatic nitrogens is 2. The van der Waals surface area contributed by atoms with Crippen LogP contribution >= 0.6 is 0 Å². The second-order valence-corrected chi connectivity index (χ2v) is 9.29. The Balaban J connectivity index is 1.51. The molecule has 4 rings (SSSR count). The van der Waals surface area contributed by atoms with Crippen LogP contribution in [0.15, 0.2) is 35.5 Å². The second-order valence-electron chi connectivity index (χ2n) is 7.57. The normalized spacial score (nSPS) is 19.1. The molecule has 154 valence electrons. The zero-order chi connectivity index (χ0) is 20.4. The maximum atomic E-state index is 12.8. The number of sulfonamides is 1. The van der Waals surface area contributed by atoms with Gasteiger partial charge in [0.05, 0.1) is 16.5 Å². The average Bonchev–Trinajstić information content (AvgIpc) is 3.37. The molecule has 1 unspecified atom stereocenters. The van der Waals surface area contributed by atoms with E-state index >= 15 is 0 Å². The summed E-state index contributed by atoms with van der Waals surface area (Å²) in [5, 5.41) is 5.79. The fourth-order valence-corrected chi connectivity index (χ4v) is 5.38. The molecule has 2 aliphatic carbocycles. The second kappa shape index (κ2) is 8.08. The number of aryl methyl sites for hydroxylation is 1. The van der Waals surface area contributed by atoms with Gasteiger partial charge in [0.2, 0.25) is 16.0 Å². The van der Waals surface area contributed by atoms with Gasteiger partial charge in [-0.05, 0) is 48.9 Å². The van der Waals surface area contributed by atoms with E-state index < -0.39 is 10.0 Å². The highest BCUT2D eigenvalue weighted by molar-refractivity contribution is 7.89. The summed E-state index contributed by atoms with van der Waals surface area (Å²) >= 11 is 0. The van der Waals surface area contributed by atoms with Gasteiger partial charge in [0.1, 0.15) is 0 Å². The molecule has 9 heteroatoms. The summed E-state index contributed by atoms with van der Waals surface area (Å²) in [6.07, 6.45) is 8.36. The Morgan fingerprint density at radius 2 is 1.83 bits per heavy atom. The third kappa shape index (κ3) is 4.25. The van der Waals surface area contributed by atoms with Crippen LogP contribution in [-0.4, -0.2) is 37.4 Å². The molecule has 0 aliphatic heterocycles. The van der Waals surface area contributed by atoms with Crippen LogP contribution in [0, 0.1) is 0 Å². The van der Waals surface area contributed by atoms with E-state index in [2.05, 4.69) is 25.3 Å². The Hall–Kier alpha value is -2.52. The monoisotopic (exact) mass is 415 g/mol. The van der Waals surface area contributed by atoms with Gasteiger partial charge in [-0.3, -0.25) is 4.79 Å². The third-order valence-electron chi connectivity index (χ3n) is 5.63. The molecule has 8 nitrogen and oxygen atoms in total. The molecule has 1 amide bonds. The lowest BCUT2D eigenvalue weighted by Crippen LogP contribution is -2.33. The van der Waals surface area contributed by atoms with E-state index in [9.17, 15) is 13.2 Å². The molecule has 0 radical (unpaired) electrons. The molecule has 1 heterocycles. The molecule has 1 atom stereocenters. The van der Waals surface area contributed by atoms with Crippen LogP contribution in [-0.2, 0) is 16.4 Å². The Morgan fingerprint density at radius 1 is 1.10 bits per heavy atom. The molecule has 3 N–H and O–H groups in total. The smallest absolute Gasteiger partial charge is 0.254 e. The molecule has 2 aromatic rings. The molecule has 1 fully saturated rings. The minimum atomic E-state index is -3.57. The number of amides is 1. The lowest BCUT2D eigenvalue weighted by Gasteiger charge is -2.16. The van der Waals surface area contributed by atoms with Crippen molar-refractivity contribution in [3.05, 3.63) is 47.3 Å². The Kier molecular flexibility index (Phi) is 5.51. The van der Waals surface area contributed by atoms with Gasteiger partial charge in [-0.15, -0.1) is 0 Å². The van der Waals surface area contributed by atoms with Crippen molar-refractivity contribution in [2.45, 2.75) is 55.5 Å². The van der Waals surface area contributed by atoms with Gasteiger partial charge in [-0.25, -0.2) is 23.1 Å². The first kappa shape index (κ1) is 19.8. The van der Waals surface area contributed by atoms with E-state index in [1.165, 1.54) is 12.4 Å². The number of carbonyl (C=O) groups excluding carboxylic acids is 1. The molecule has 1 aromatic carbocycles. The number of nitrogens with zero attached hydrogens (tertiary/aromatic N) is 2. The number of fused-ring (bicyclic) bond motifs is 1. The lowest BCUT2D eigenvalue weighted by molar-refractivity contribution is 0.0936. The maximum absolute atomic E-state index is 12.8. The van der Waals surface area contributed by atoms with Crippen molar-refractivity contribution in [1.82, 2.24) is 20.0 Å². The van der Waals surface area contributed by atoms with Gasteiger partial charge in [0.25, 0.3) is 5.91 Å². The van der Waals surface area contributed by atoms with E-state index in [0.29, 0.717) is 11.5 Å². The topological polar surface area (TPSA) is 113 Å². The minimum Gasteiger partial charge on any atom is -0.357 e. The third-order valence-corrected chi connectivity index (χ3v) is 7.14. The number of hydrogen-bond acceptors (Lipinski definition) is 6. The van der Waals surface area contributed by atoms with Crippen LogP contribution in [0.1, 0.15) is 59.6 Å². The van der Waals surface area contributed by atoms with Crippen molar-refractivity contribution < 1.29 is 13.2 Å². The zero-order valence-corrected chi connectivity index (χ0v) is 17.1. The molecule has 1 aromatic heterocycles. The number of rotatable bonds is 6. The number of benzene rings is 1. The van der Waals surface area contributed by atoms with E-state index in [4.69, 9.17) is 0 Å². The predicted octanol–water partition coefficient (Wildman–Crippen LogP) is 2.16. The van der Waals surface area contributed by atoms with Gasteiger partial charge in [0, 0.05) is 25.5 Å². The number of nitrogens with one attached hydrogen (secondary N) is 3. The van der Waals surface area contributed by atoms with E-state index in [1.807, 2.05) is 6.07 Å². The van der Waals surface area contributed by atoms with Crippen molar-refractivity contribution in [3.63, 3.8) is 0 Å². The summed E-state index contributed by atoms with van der Waals surface area (Å²) < 4.78 is 28.4. The fourth-order valence-electron chi connectivity index (χ4n) is 4.04. The van der Waals surface area contributed by atoms with Crippen LogP contribution in [0.25, 0.3) is 0 Å². The summed E-state index contributed by atoms with van der Waals surface area (Å²) in [4.78, 5) is 21.0. The maximum Gasteiger partial charge on any atom is 0.254 e. The van der Waals surface area contributed by atoms with Gasteiger partial charge in [0.15, 0.2) is 0 Å². The highest BCUT2D eigenvalue weighted by atomic mass is 32.2. The van der Waals surface area contributed by atoms with Crippen LogP contribution < -0.4 is 15.4 Å². The zero-order valence-electron chi connectivity index (χ0n) is 16.3. The van der Waals surface area contributed by atoms with Gasteiger partial charge in [-0.2, -0.15) is 0 Å². The standard InChI is InChI=1S/C20H25N5O3S/c1-21-20-22-11-14(12-23-20)19(26)24-18-9-7-13-6-8-16(10-17(13)18)29(27,28)25-15-4-2-3-5-15/h6,8,10-12,15,18,25H,2-5,7,9H2,1H3,(H,24,26)(H,21,22,23). The quantitative estimate of drug-likeness (QED) is 0.666. The number of carbonyl (C=O) groups is 1. The largest absolute Gasteiger partial charge is 0.357 e. The molecule has 0 bridgehead atoms. The van der Waals surface area contributed by atoms with Gasteiger partial charge in [-0.1, -0.05) is 18.9 Å². The van der Waals surface area contributed by atoms with E-state index in [1.54, 1.807) is 19.2 Å². The van der Waals surface area contributed by atoms with Gasteiger partial charge < -0.3 is 10.6 Å². The minimum absolute atomic E-state index is 0.0179. The number of hydrogen-bond donors (Lipinski definition) is 3. The van der Waals surface area contributed by atoms with Crippen LogP contribution in [0.4, 0.5) is 5.95 Å². The molecule has 0 spiro atoms. The molecular weight excluding hydrogens is 390 g/mol. The molecule has 29 heavy (non-hydrogen) atoms. The van der Waals surface area contributed by atoms with Crippen molar-refractivity contribution in [2.75, 3.05) is 12.4 Å². The summed E-state index contributed by atoms with van der Waals surface area (Å²) in [7, 11) is -1.86. The summed E-state index contributed by atoms with van der Waals surface area (Å²) in [6, 6.07) is 5.00. The molecule has 2 aliphatic rings. The van der Waals surface area contributed by atoms with Crippen molar-refractivity contribution >= 4 is 21.9 Å². The number of anilines is 1. The first-order chi connectivity index (χ1) is 14.0. The van der Waals surface area contributed by atoms with Gasteiger partial charge >= 0.3 is 0 Å². The molecule has 1 saturated carbocycles. The van der Waals surface area contributed by atoms with Crippen molar-refractivity contribution in [2.24, 2.45) is 0 Å². The lowest BCUT2D eigenvalue weighted by atomic mass is 10.1. The first-order valence-electron chi connectivity index (χ1n) is 9.92. The first-order valence-corrected chi connectivity index (χ1v) is 11.4. The van der Waals surface area contributed by atoms with Crippen LogP contribution in [0.3, 0.4) is 0 Å². The van der Waals surface area contributed by atoms with E-state index in [0.717, 1.165) is 49.7 Å². The Labute approximate surface area is 170 Å². The van der Waals surface area contributed by atoms with Crippen LogP contribution in [0.2, 0.25) is 0 Å². The highest BCUT2D eigenvalue weighted by Gasteiger charge is 2.28. The average molecular weight is 416 g/mol. The Morgan fingerprint density at radius 3 is 2.52 bits per heavy atom. The van der Waals surface area contributed by atoms with Crippen molar-refractivity contribution in [1.29, 1.82) is 0 Å². The highest BCUT2D eigenvalue weighted by Crippen LogP contribution is 2.33. The van der Waals surface area contributed by atoms with Crippen LogP contribution in [0.5, 0.6) is 0 Å². The van der Waals surface area contributed by atoms with E-state index in [-0.39, 0.29) is 22.9 Å². The summed E-state index contributed by atoms with van der Waals surface area (Å²) in [5.41, 5.74) is 2.29. The summed E-state index contributed by atoms with van der Waals surface area (Å²) in [5.74, 6) is 0.167. The molecule has 0 saturated heterocycles.